The zero-order chi connectivity index (χ0) is 13.5. The number of unbranched alkanes of at least 4 members (excludes halogenated alkanes) is 1. The molecule has 19 heavy (non-hydrogen) atoms. The van der Waals surface area contributed by atoms with E-state index in [1.165, 1.54) is 5.56 Å². The Morgan fingerprint density at radius 2 is 2.11 bits per heavy atom. The second kappa shape index (κ2) is 7.61. The fourth-order valence-electron chi connectivity index (χ4n) is 2.40. The Hall–Kier alpha value is -0.930. The van der Waals surface area contributed by atoms with Crippen LogP contribution in [-0.4, -0.2) is 25.4 Å². The second-order valence-corrected chi connectivity index (χ2v) is 5.34. The van der Waals surface area contributed by atoms with E-state index in [1.807, 2.05) is 18.2 Å². The van der Waals surface area contributed by atoms with Crippen molar-refractivity contribution >= 4 is 0 Å². The standard InChI is InChI=1S/C16H24FNO/c1-2-3-9-19-12-14-10-15(16(14)17)18-11-13-7-5-4-6-8-13/h4-8,14-16,18H,2-3,9-12H2,1H3/t14-,15+,16?/m1/s1. The van der Waals surface area contributed by atoms with Crippen LogP contribution in [0.4, 0.5) is 4.39 Å². The largest absolute Gasteiger partial charge is 0.381 e. The van der Waals surface area contributed by atoms with Crippen LogP contribution in [0, 0.1) is 5.92 Å². The van der Waals surface area contributed by atoms with Gasteiger partial charge in [0.2, 0.25) is 0 Å². The Balaban J connectivity index is 1.60. The van der Waals surface area contributed by atoms with E-state index in [0.717, 1.165) is 32.4 Å². The van der Waals surface area contributed by atoms with Crippen molar-refractivity contribution in [1.82, 2.24) is 5.32 Å². The molecule has 106 valence electrons. The molecule has 0 amide bonds. The molecule has 0 saturated heterocycles. The summed E-state index contributed by atoms with van der Waals surface area (Å²) in [7, 11) is 0. The van der Waals surface area contributed by atoms with Crippen molar-refractivity contribution in [3.63, 3.8) is 0 Å². The summed E-state index contributed by atoms with van der Waals surface area (Å²) >= 11 is 0. The molecule has 1 fully saturated rings. The smallest absolute Gasteiger partial charge is 0.120 e. The average Bonchev–Trinajstić information content (AvgIpc) is 2.45. The zero-order valence-corrected chi connectivity index (χ0v) is 11.6. The summed E-state index contributed by atoms with van der Waals surface area (Å²) in [6, 6.07) is 10.1. The van der Waals surface area contributed by atoms with Gasteiger partial charge in [-0.25, -0.2) is 4.39 Å². The number of hydrogen-bond donors (Lipinski definition) is 1. The van der Waals surface area contributed by atoms with Gasteiger partial charge in [-0.05, 0) is 18.4 Å². The summed E-state index contributed by atoms with van der Waals surface area (Å²) in [5.74, 6) is 0.0881. The van der Waals surface area contributed by atoms with Gasteiger partial charge in [-0.15, -0.1) is 0 Å². The van der Waals surface area contributed by atoms with E-state index in [9.17, 15) is 4.39 Å². The molecule has 0 aromatic heterocycles. The number of nitrogens with one attached hydrogen (secondary N) is 1. The van der Waals surface area contributed by atoms with E-state index in [1.54, 1.807) is 0 Å². The van der Waals surface area contributed by atoms with E-state index >= 15 is 0 Å². The molecule has 0 heterocycles. The van der Waals surface area contributed by atoms with Gasteiger partial charge in [0.1, 0.15) is 6.17 Å². The maximum Gasteiger partial charge on any atom is 0.120 e. The van der Waals surface area contributed by atoms with Crippen molar-refractivity contribution in [1.29, 1.82) is 0 Å². The number of alkyl halides is 1. The molecular weight excluding hydrogens is 241 g/mol. The van der Waals surface area contributed by atoms with Gasteiger partial charge >= 0.3 is 0 Å². The Bertz CT molecular complexity index is 357. The minimum absolute atomic E-state index is 0.0000173. The molecule has 0 aliphatic heterocycles. The molecule has 1 saturated carbocycles. The maximum atomic E-state index is 13.9. The molecule has 1 aliphatic rings. The molecule has 3 heteroatoms. The number of benzene rings is 1. The highest BCUT2D eigenvalue weighted by Gasteiger charge is 2.40. The van der Waals surface area contributed by atoms with E-state index in [-0.39, 0.29) is 12.0 Å². The molecule has 3 atom stereocenters. The maximum absolute atomic E-state index is 13.9. The molecule has 1 N–H and O–H groups in total. The van der Waals surface area contributed by atoms with Gasteiger partial charge in [0.05, 0.1) is 6.61 Å². The number of hydrogen-bond acceptors (Lipinski definition) is 2. The van der Waals surface area contributed by atoms with Crippen LogP contribution in [-0.2, 0) is 11.3 Å². The van der Waals surface area contributed by atoms with Gasteiger partial charge in [0, 0.05) is 25.1 Å². The van der Waals surface area contributed by atoms with E-state index in [4.69, 9.17) is 4.74 Å². The predicted molar refractivity (Wildman–Crippen MR) is 75.8 cm³/mol. The van der Waals surface area contributed by atoms with Crippen LogP contribution in [0.1, 0.15) is 31.7 Å². The normalized spacial score (nSPS) is 26.1. The van der Waals surface area contributed by atoms with Crippen molar-refractivity contribution in [2.24, 2.45) is 5.92 Å². The van der Waals surface area contributed by atoms with Crippen LogP contribution >= 0.6 is 0 Å². The van der Waals surface area contributed by atoms with Gasteiger partial charge in [0.25, 0.3) is 0 Å². The molecule has 1 unspecified atom stereocenters. The van der Waals surface area contributed by atoms with Crippen molar-refractivity contribution in [2.45, 2.75) is 44.9 Å². The van der Waals surface area contributed by atoms with Crippen molar-refractivity contribution in [3.8, 4) is 0 Å². The molecule has 0 spiro atoms. The highest BCUT2D eigenvalue weighted by atomic mass is 19.1. The van der Waals surface area contributed by atoms with Gasteiger partial charge in [-0.2, -0.15) is 0 Å². The predicted octanol–water partition coefficient (Wildman–Crippen LogP) is 3.32. The lowest BCUT2D eigenvalue weighted by Crippen LogP contribution is -2.53. The van der Waals surface area contributed by atoms with Gasteiger partial charge in [-0.3, -0.25) is 0 Å². The molecule has 1 aliphatic carbocycles. The fraction of sp³-hybridized carbons (Fsp3) is 0.625. The minimum atomic E-state index is -0.759. The first-order chi connectivity index (χ1) is 9.31. The highest BCUT2D eigenvalue weighted by molar-refractivity contribution is 5.14. The third-order valence-corrected chi connectivity index (χ3v) is 3.78. The number of rotatable bonds is 8. The van der Waals surface area contributed by atoms with E-state index in [2.05, 4.69) is 24.4 Å². The Kier molecular flexibility index (Phi) is 5.80. The summed E-state index contributed by atoms with van der Waals surface area (Å²) in [4.78, 5) is 0. The van der Waals surface area contributed by atoms with Gasteiger partial charge in [-0.1, -0.05) is 43.7 Å². The SMILES string of the molecule is CCCCOC[C@H]1C[C@H](NCc2ccccc2)C1F. The van der Waals surface area contributed by atoms with Crippen LogP contribution in [0.2, 0.25) is 0 Å². The van der Waals surface area contributed by atoms with Crippen LogP contribution in [0.15, 0.2) is 30.3 Å². The molecule has 2 nitrogen and oxygen atoms in total. The first-order valence-corrected chi connectivity index (χ1v) is 7.30. The second-order valence-electron chi connectivity index (χ2n) is 5.34. The Morgan fingerprint density at radius 3 is 2.79 bits per heavy atom. The summed E-state index contributed by atoms with van der Waals surface area (Å²) in [6.07, 6.45) is 2.33. The Labute approximate surface area is 115 Å². The van der Waals surface area contributed by atoms with Crippen molar-refractivity contribution < 1.29 is 9.13 Å². The summed E-state index contributed by atoms with van der Waals surface area (Å²) in [6.45, 7) is 4.22. The van der Waals surface area contributed by atoms with Crippen LogP contribution in [0.5, 0.6) is 0 Å². The first kappa shape index (κ1) is 14.5. The first-order valence-electron chi connectivity index (χ1n) is 7.30. The molecule has 2 rings (SSSR count). The quantitative estimate of drug-likeness (QED) is 0.728. The number of ether oxygens (including phenoxy) is 1. The van der Waals surface area contributed by atoms with Gasteiger partial charge < -0.3 is 10.1 Å². The summed E-state index contributed by atoms with van der Waals surface area (Å²) < 4.78 is 19.4. The molecule has 0 bridgehead atoms. The molecular formula is C16H24FNO. The lowest BCUT2D eigenvalue weighted by molar-refractivity contribution is -0.0131. The van der Waals surface area contributed by atoms with Gasteiger partial charge in [0.15, 0.2) is 0 Å². The summed E-state index contributed by atoms with van der Waals surface area (Å²) in [5, 5.41) is 3.29. The number of halogens is 1. The third kappa shape index (κ3) is 4.29. The third-order valence-electron chi connectivity index (χ3n) is 3.78. The molecule has 1 aromatic carbocycles. The molecule has 1 aromatic rings. The van der Waals surface area contributed by atoms with E-state index in [0.29, 0.717) is 6.61 Å². The van der Waals surface area contributed by atoms with Crippen molar-refractivity contribution in [3.05, 3.63) is 35.9 Å². The zero-order valence-electron chi connectivity index (χ0n) is 11.6. The highest BCUT2D eigenvalue weighted by Crippen LogP contribution is 2.31. The van der Waals surface area contributed by atoms with Crippen LogP contribution < -0.4 is 5.32 Å². The average molecular weight is 265 g/mol. The topological polar surface area (TPSA) is 21.3 Å². The van der Waals surface area contributed by atoms with E-state index < -0.39 is 6.17 Å². The minimum Gasteiger partial charge on any atom is -0.381 e. The molecule has 0 radical (unpaired) electrons. The fourth-order valence-corrected chi connectivity index (χ4v) is 2.40. The van der Waals surface area contributed by atoms with Crippen LogP contribution in [0.3, 0.4) is 0 Å². The summed E-state index contributed by atoms with van der Waals surface area (Å²) in [5.41, 5.74) is 1.21. The van der Waals surface area contributed by atoms with Crippen LogP contribution in [0.25, 0.3) is 0 Å². The monoisotopic (exact) mass is 265 g/mol. The van der Waals surface area contributed by atoms with Crippen molar-refractivity contribution in [2.75, 3.05) is 13.2 Å². The lowest BCUT2D eigenvalue weighted by Gasteiger charge is -2.40. The lowest BCUT2D eigenvalue weighted by atomic mass is 9.78. The Morgan fingerprint density at radius 1 is 1.32 bits per heavy atom.